The summed E-state index contributed by atoms with van der Waals surface area (Å²) < 4.78 is 15.3. The van der Waals surface area contributed by atoms with Gasteiger partial charge >= 0.3 is 5.97 Å². The Balaban J connectivity index is 0.000000167. The van der Waals surface area contributed by atoms with Crippen LogP contribution in [0.5, 0.6) is 0 Å². The van der Waals surface area contributed by atoms with Gasteiger partial charge in [0.15, 0.2) is 0 Å². The molecule has 0 bridgehead atoms. The number of nitrogens with zero attached hydrogens (tertiary/aromatic N) is 2. The molecule has 4 atom stereocenters. The molecule has 28 heavy (non-hydrogen) atoms. The lowest BCUT2D eigenvalue weighted by Crippen LogP contribution is -2.42. The van der Waals surface area contributed by atoms with Crippen LogP contribution in [-0.4, -0.2) is 99.1 Å². The van der Waals surface area contributed by atoms with Crippen molar-refractivity contribution in [1.29, 1.82) is 0 Å². The first kappa shape index (κ1) is 21.5. The van der Waals surface area contributed by atoms with Gasteiger partial charge in [0, 0.05) is 39.3 Å². The molecular weight excluding hydrogens is 364 g/mol. The van der Waals surface area contributed by atoms with Crippen molar-refractivity contribution in [3.63, 3.8) is 0 Å². The van der Waals surface area contributed by atoms with Crippen molar-refractivity contribution in [2.75, 3.05) is 72.4 Å². The zero-order valence-corrected chi connectivity index (χ0v) is 16.9. The molecule has 0 spiro atoms. The Morgan fingerprint density at radius 1 is 0.964 bits per heavy atom. The SMILES string of the molecule is CCOC(=O)[C@H]1C[C@@H]1C(=O)N1CCOCC1.OC[C@H]1C[C@@H]1CN1CCOCC1. The van der Waals surface area contributed by atoms with Crippen molar-refractivity contribution in [3.8, 4) is 0 Å². The molecular formula is C20H34N2O6. The summed E-state index contributed by atoms with van der Waals surface area (Å²) in [7, 11) is 0. The summed E-state index contributed by atoms with van der Waals surface area (Å²) >= 11 is 0. The second-order valence-electron chi connectivity index (χ2n) is 7.99. The molecule has 2 saturated heterocycles. The second kappa shape index (κ2) is 10.5. The zero-order chi connectivity index (χ0) is 19.9. The van der Waals surface area contributed by atoms with Gasteiger partial charge in [-0.3, -0.25) is 14.5 Å². The van der Waals surface area contributed by atoms with Crippen LogP contribution in [0.15, 0.2) is 0 Å². The van der Waals surface area contributed by atoms with Crippen molar-refractivity contribution in [2.45, 2.75) is 19.8 Å². The van der Waals surface area contributed by atoms with Crippen LogP contribution in [-0.2, 0) is 23.8 Å². The molecule has 0 aromatic rings. The number of ether oxygens (including phenoxy) is 3. The quantitative estimate of drug-likeness (QED) is 0.630. The summed E-state index contributed by atoms with van der Waals surface area (Å²) in [5.41, 5.74) is 0. The monoisotopic (exact) mass is 398 g/mol. The molecule has 0 unspecified atom stereocenters. The van der Waals surface area contributed by atoms with Crippen LogP contribution >= 0.6 is 0 Å². The van der Waals surface area contributed by atoms with Crippen molar-refractivity contribution in [1.82, 2.24) is 9.80 Å². The standard InChI is InChI=1S/C11H17NO4.C9H17NO2/c1-2-16-11(14)9-7-8(9)10(13)12-3-5-15-6-4-12;11-7-9-5-8(9)6-10-1-3-12-4-2-10/h8-9H,2-7H2,1H3;8-9,11H,1-7H2/t2*8-,9-/m01/s1. The van der Waals surface area contributed by atoms with E-state index in [9.17, 15) is 9.59 Å². The maximum atomic E-state index is 11.9. The van der Waals surface area contributed by atoms with Crippen LogP contribution in [0.3, 0.4) is 0 Å². The average molecular weight is 399 g/mol. The smallest absolute Gasteiger partial charge is 0.309 e. The first-order valence-electron chi connectivity index (χ1n) is 10.6. The number of aliphatic hydroxyl groups is 1. The molecule has 8 nitrogen and oxygen atoms in total. The number of morpholine rings is 2. The number of aliphatic hydroxyl groups excluding tert-OH is 1. The van der Waals surface area contributed by atoms with E-state index < -0.39 is 0 Å². The third kappa shape index (κ3) is 6.14. The maximum Gasteiger partial charge on any atom is 0.309 e. The molecule has 2 aliphatic carbocycles. The summed E-state index contributed by atoms with van der Waals surface area (Å²) in [6.45, 7) is 10.1. The van der Waals surface area contributed by atoms with Crippen LogP contribution < -0.4 is 0 Å². The number of amides is 1. The number of hydrogen-bond acceptors (Lipinski definition) is 7. The Kier molecular flexibility index (Phi) is 8.08. The summed E-state index contributed by atoms with van der Waals surface area (Å²) in [5.74, 6) is 0.892. The van der Waals surface area contributed by atoms with Gasteiger partial charge in [-0.1, -0.05) is 0 Å². The van der Waals surface area contributed by atoms with Crippen molar-refractivity contribution < 1.29 is 28.9 Å². The fraction of sp³-hybridized carbons (Fsp3) is 0.900. The molecule has 0 radical (unpaired) electrons. The molecule has 160 valence electrons. The van der Waals surface area contributed by atoms with E-state index in [4.69, 9.17) is 19.3 Å². The number of carbonyl (C=O) groups is 2. The molecule has 2 saturated carbocycles. The largest absolute Gasteiger partial charge is 0.466 e. The van der Waals surface area contributed by atoms with Crippen LogP contribution in [0, 0.1) is 23.7 Å². The van der Waals surface area contributed by atoms with Gasteiger partial charge < -0.3 is 24.2 Å². The van der Waals surface area contributed by atoms with Crippen LogP contribution in [0.1, 0.15) is 19.8 Å². The third-order valence-corrected chi connectivity index (χ3v) is 5.92. The summed E-state index contributed by atoms with van der Waals surface area (Å²) in [6, 6.07) is 0. The molecule has 2 heterocycles. The molecule has 4 fully saturated rings. The van der Waals surface area contributed by atoms with E-state index in [2.05, 4.69) is 4.90 Å². The number of rotatable bonds is 6. The molecule has 0 aromatic heterocycles. The van der Waals surface area contributed by atoms with E-state index in [1.54, 1.807) is 11.8 Å². The van der Waals surface area contributed by atoms with E-state index >= 15 is 0 Å². The number of carbonyl (C=O) groups excluding carboxylic acids is 2. The predicted octanol–water partition coefficient (Wildman–Crippen LogP) is -0.00860. The Morgan fingerprint density at radius 2 is 1.61 bits per heavy atom. The fourth-order valence-electron chi connectivity index (χ4n) is 3.87. The van der Waals surface area contributed by atoms with E-state index in [1.807, 2.05) is 0 Å². The van der Waals surface area contributed by atoms with Crippen LogP contribution in [0.2, 0.25) is 0 Å². The van der Waals surface area contributed by atoms with Crippen molar-refractivity contribution in [2.24, 2.45) is 23.7 Å². The Labute approximate surface area is 167 Å². The van der Waals surface area contributed by atoms with E-state index in [0.717, 1.165) is 32.2 Å². The topological polar surface area (TPSA) is 88.5 Å². The average Bonchev–Trinajstić information content (AvgIpc) is 3.65. The van der Waals surface area contributed by atoms with Gasteiger partial charge in [-0.15, -0.1) is 0 Å². The van der Waals surface area contributed by atoms with Crippen LogP contribution in [0.4, 0.5) is 0 Å². The van der Waals surface area contributed by atoms with E-state index in [1.165, 1.54) is 13.0 Å². The molecule has 4 aliphatic rings. The molecule has 2 aliphatic heterocycles. The predicted molar refractivity (Wildman–Crippen MR) is 102 cm³/mol. The zero-order valence-electron chi connectivity index (χ0n) is 16.9. The summed E-state index contributed by atoms with van der Waals surface area (Å²) in [4.78, 5) is 27.6. The van der Waals surface area contributed by atoms with Gasteiger partial charge in [0.05, 0.1) is 44.9 Å². The van der Waals surface area contributed by atoms with Gasteiger partial charge in [-0.25, -0.2) is 0 Å². The fourth-order valence-corrected chi connectivity index (χ4v) is 3.87. The third-order valence-electron chi connectivity index (χ3n) is 5.92. The van der Waals surface area contributed by atoms with Gasteiger partial charge in [0.1, 0.15) is 0 Å². The lowest BCUT2D eigenvalue weighted by Gasteiger charge is -2.26. The molecule has 1 N–H and O–H groups in total. The highest BCUT2D eigenvalue weighted by Crippen LogP contribution is 2.41. The highest BCUT2D eigenvalue weighted by Gasteiger charge is 2.50. The first-order valence-corrected chi connectivity index (χ1v) is 10.6. The normalized spacial score (nSPS) is 32.1. The second-order valence-corrected chi connectivity index (χ2v) is 7.99. The summed E-state index contributed by atoms with van der Waals surface area (Å²) in [5, 5.41) is 8.86. The minimum absolute atomic E-state index is 0.0846. The van der Waals surface area contributed by atoms with Gasteiger partial charge in [0.25, 0.3) is 0 Å². The van der Waals surface area contributed by atoms with Gasteiger partial charge in [-0.05, 0) is 31.6 Å². The Bertz CT molecular complexity index is 519. The number of esters is 1. The first-order chi connectivity index (χ1) is 13.6. The van der Waals surface area contributed by atoms with Gasteiger partial charge in [0.2, 0.25) is 5.91 Å². The lowest BCUT2D eigenvalue weighted by molar-refractivity contribution is -0.147. The van der Waals surface area contributed by atoms with Gasteiger partial charge in [-0.2, -0.15) is 0 Å². The highest BCUT2D eigenvalue weighted by molar-refractivity contribution is 5.90. The minimum atomic E-state index is -0.228. The highest BCUT2D eigenvalue weighted by atomic mass is 16.5. The van der Waals surface area contributed by atoms with Crippen molar-refractivity contribution >= 4 is 11.9 Å². The van der Waals surface area contributed by atoms with Crippen molar-refractivity contribution in [3.05, 3.63) is 0 Å². The Morgan fingerprint density at radius 3 is 2.18 bits per heavy atom. The molecule has 0 aromatic carbocycles. The van der Waals surface area contributed by atoms with E-state index in [-0.39, 0.29) is 23.7 Å². The summed E-state index contributed by atoms with van der Waals surface area (Å²) in [6.07, 6.45) is 1.88. The lowest BCUT2D eigenvalue weighted by atomic mass is 10.2. The molecule has 8 heteroatoms. The number of hydrogen-bond donors (Lipinski definition) is 1. The Hall–Kier alpha value is -1.22. The maximum absolute atomic E-state index is 11.9. The van der Waals surface area contributed by atoms with Crippen LogP contribution in [0.25, 0.3) is 0 Å². The van der Waals surface area contributed by atoms with E-state index in [0.29, 0.717) is 51.9 Å². The molecule has 4 rings (SSSR count). The minimum Gasteiger partial charge on any atom is -0.466 e. The molecule has 1 amide bonds.